The maximum atomic E-state index is 12.3. The Morgan fingerprint density at radius 3 is 2.70 bits per heavy atom. The van der Waals surface area contributed by atoms with Gasteiger partial charge in [-0.2, -0.15) is 0 Å². The van der Waals surface area contributed by atoms with Crippen molar-refractivity contribution in [3.8, 4) is 0 Å². The van der Waals surface area contributed by atoms with E-state index in [4.69, 9.17) is 18.0 Å². The van der Waals surface area contributed by atoms with Gasteiger partial charge in [-0.25, -0.2) is 4.98 Å². The van der Waals surface area contributed by atoms with Crippen LogP contribution in [0.5, 0.6) is 0 Å². The number of amides is 1. The lowest BCUT2D eigenvalue weighted by Crippen LogP contribution is -2.35. The Morgan fingerprint density at radius 1 is 1.45 bits per heavy atom. The molecule has 104 valence electrons. The van der Waals surface area contributed by atoms with Gasteiger partial charge >= 0.3 is 0 Å². The highest BCUT2D eigenvalue weighted by molar-refractivity contribution is 7.80. The van der Waals surface area contributed by atoms with E-state index in [9.17, 15) is 4.79 Å². The number of aryl methyl sites for hydroxylation is 1. The van der Waals surface area contributed by atoms with Crippen LogP contribution in [0.25, 0.3) is 0 Å². The summed E-state index contributed by atoms with van der Waals surface area (Å²) in [6.07, 6.45) is 0. The van der Waals surface area contributed by atoms with Gasteiger partial charge in [-0.3, -0.25) is 4.79 Å². The summed E-state index contributed by atoms with van der Waals surface area (Å²) in [7, 11) is 0. The van der Waals surface area contributed by atoms with Crippen molar-refractivity contribution in [2.45, 2.75) is 19.4 Å². The number of thiocarbonyl (C=S) groups is 1. The number of thiazole rings is 1. The quantitative estimate of drug-likeness (QED) is 0.831. The Hall–Kier alpha value is -1.79. The number of rotatable bonds is 5. The molecule has 3 N–H and O–H groups in total. The highest BCUT2D eigenvalue weighted by Crippen LogP contribution is 2.17. The molecule has 2 aromatic rings. The van der Waals surface area contributed by atoms with Crippen molar-refractivity contribution < 1.29 is 4.79 Å². The van der Waals surface area contributed by atoms with E-state index in [-0.39, 0.29) is 10.9 Å². The van der Waals surface area contributed by atoms with E-state index in [0.717, 1.165) is 16.1 Å². The van der Waals surface area contributed by atoms with E-state index in [1.54, 1.807) is 5.51 Å². The first-order valence-corrected chi connectivity index (χ1v) is 7.39. The summed E-state index contributed by atoms with van der Waals surface area (Å²) in [5.74, 6) is -0.782. The Morgan fingerprint density at radius 2 is 2.15 bits per heavy atom. The van der Waals surface area contributed by atoms with Crippen LogP contribution in [0.4, 0.5) is 0 Å². The summed E-state index contributed by atoms with van der Waals surface area (Å²) < 4.78 is 0. The average molecular weight is 305 g/mol. The van der Waals surface area contributed by atoms with Crippen LogP contribution in [0.2, 0.25) is 0 Å². The molecule has 6 heteroatoms. The normalized spacial score (nSPS) is 11.8. The molecule has 1 aromatic heterocycles. The molecule has 0 aliphatic heterocycles. The minimum atomic E-state index is -0.598. The topological polar surface area (TPSA) is 68.0 Å². The van der Waals surface area contributed by atoms with E-state index < -0.39 is 5.92 Å². The molecule has 20 heavy (non-hydrogen) atoms. The Labute approximate surface area is 127 Å². The zero-order valence-electron chi connectivity index (χ0n) is 11.0. The van der Waals surface area contributed by atoms with Crippen LogP contribution < -0.4 is 11.1 Å². The van der Waals surface area contributed by atoms with Gasteiger partial charge in [0.1, 0.15) is 5.92 Å². The molecule has 0 bridgehead atoms. The lowest BCUT2D eigenvalue weighted by Gasteiger charge is -2.15. The minimum Gasteiger partial charge on any atom is -0.392 e. The first-order chi connectivity index (χ1) is 9.59. The molecule has 1 unspecified atom stereocenters. The summed E-state index contributed by atoms with van der Waals surface area (Å²) in [6, 6.07) is 9.31. The van der Waals surface area contributed by atoms with Crippen LogP contribution in [0, 0.1) is 6.92 Å². The van der Waals surface area contributed by atoms with Crippen molar-refractivity contribution >= 4 is 34.5 Å². The van der Waals surface area contributed by atoms with Crippen molar-refractivity contribution in [3.05, 3.63) is 52.0 Å². The maximum absolute atomic E-state index is 12.3. The third-order valence-electron chi connectivity index (χ3n) is 2.95. The molecule has 1 atom stereocenters. The SMILES string of the molecule is Cc1ncsc1CNC(=O)C(C(N)=S)c1ccccc1. The number of carbonyl (C=O) groups excluding carboxylic acids is 1. The third-order valence-corrected chi connectivity index (χ3v) is 4.12. The van der Waals surface area contributed by atoms with Crippen LogP contribution >= 0.6 is 23.6 Å². The molecule has 0 aliphatic carbocycles. The van der Waals surface area contributed by atoms with E-state index in [1.807, 2.05) is 37.3 Å². The minimum absolute atomic E-state index is 0.176. The molecule has 0 fully saturated rings. The van der Waals surface area contributed by atoms with Gasteiger partial charge in [-0.1, -0.05) is 42.5 Å². The number of nitrogens with two attached hydrogens (primary N) is 1. The van der Waals surface area contributed by atoms with E-state index in [0.29, 0.717) is 6.54 Å². The predicted molar refractivity (Wildman–Crippen MR) is 84.7 cm³/mol. The lowest BCUT2D eigenvalue weighted by atomic mass is 9.98. The monoisotopic (exact) mass is 305 g/mol. The van der Waals surface area contributed by atoms with Crippen LogP contribution in [0.1, 0.15) is 22.1 Å². The van der Waals surface area contributed by atoms with Gasteiger partial charge in [0.05, 0.1) is 22.7 Å². The molecule has 0 aliphatic rings. The molecule has 1 aromatic carbocycles. The fourth-order valence-corrected chi connectivity index (χ4v) is 2.82. The van der Waals surface area contributed by atoms with Gasteiger partial charge in [0.15, 0.2) is 0 Å². The molecule has 2 rings (SSSR count). The summed E-state index contributed by atoms with van der Waals surface area (Å²) in [5, 5.41) is 2.87. The van der Waals surface area contributed by atoms with E-state index in [2.05, 4.69) is 10.3 Å². The Kier molecular flexibility index (Phi) is 4.81. The van der Waals surface area contributed by atoms with Crippen molar-refractivity contribution in [2.75, 3.05) is 0 Å². The molecule has 0 saturated heterocycles. The number of benzene rings is 1. The molecule has 1 heterocycles. The first-order valence-electron chi connectivity index (χ1n) is 6.10. The van der Waals surface area contributed by atoms with Gasteiger partial charge in [-0.15, -0.1) is 11.3 Å². The van der Waals surface area contributed by atoms with Crippen LogP contribution in [0.3, 0.4) is 0 Å². The number of hydrogen-bond acceptors (Lipinski definition) is 4. The van der Waals surface area contributed by atoms with Crippen molar-refractivity contribution in [1.82, 2.24) is 10.3 Å². The van der Waals surface area contributed by atoms with Crippen LogP contribution in [-0.2, 0) is 11.3 Å². The van der Waals surface area contributed by atoms with Crippen LogP contribution in [0.15, 0.2) is 35.8 Å². The number of hydrogen-bond donors (Lipinski definition) is 2. The van der Waals surface area contributed by atoms with Crippen molar-refractivity contribution in [3.63, 3.8) is 0 Å². The largest absolute Gasteiger partial charge is 0.392 e. The second-order valence-electron chi connectivity index (χ2n) is 4.32. The number of aromatic nitrogens is 1. The molecule has 0 radical (unpaired) electrons. The second-order valence-corrected chi connectivity index (χ2v) is 5.74. The van der Waals surface area contributed by atoms with E-state index >= 15 is 0 Å². The summed E-state index contributed by atoms with van der Waals surface area (Å²) >= 11 is 6.54. The molecule has 1 amide bonds. The molecular formula is C14H15N3OS2. The predicted octanol–water partition coefficient (Wildman–Crippen LogP) is 2.14. The fraction of sp³-hybridized carbons (Fsp3) is 0.214. The van der Waals surface area contributed by atoms with Crippen molar-refractivity contribution in [1.29, 1.82) is 0 Å². The molecule has 0 spiro atoms. The van der Waals surface area contributed by atoms with E-state index in [1.165, 1.54) is 11.3 Å². The number of carbonyl (C=O) groups is 1. The number of nitrogens with zero attached hydrogens (tertiary/aromatic N) is 1. The maximum Gasteiger partial charge on any atom is 0.234 e. The van der Waals surface area contributed by atoms with Gasteiger partial charge < -0.3 is 11.1 Å². The Bertz CT molecular complexity index is 610. The summed E-state index contributed by atoms with van der Waals surface area (Å²) in [4.78, 5) is 17.7. The summed E-state index contributed by atoms with van der Waals surface area (Å²) in [5.41, 5.74) is 9.21. The Balaban J connectivity index is 2.09. The van der Waals surface area contributed by atoms with Gasteiger partial charge in [0.2, 0.25) is 5.91 Å². The smallest absolute Gasteiger partial charge is 0.234 e. The second kappa shape index (κ2) is 6.58. The zero-order chi connectivity index (χ0) is 14.5. The van der Waals surface area contributed by atoms with Gasteiger partial charge in [0.25, 0.3) is 0 Å². The third kappa shape index (κ3) is 3.40. The zero-order valence-corrected chi connectivity index (χ0v) is 12.6. The van der Waals surface area contributed by atoms with Gasteiger partial charge in [0, 0.05) is 4.88 Å². The number of nitrogens with one attached hydrogen (secondary N) is 1. The summed E-state index contributed by atoms with van der Waals surface area (Å²) in [6.45, 7) is 2.36. The lowest BCUT2D eigenvalue weighted by molar-refractivity contribution is -0.121. The highest BCUT2D eigenvalue weighted by atomic mass is 32.1. The molecule has 0 saturated carbocycles. The van der Waals surface area contributed by atoms with Gasteiger partial charge in [-0.05, 0) is 12.5 Å². The highest BCUT2D eigenvalue weighted by Gasteiger charge is 2.23. The molecular weight excluding hydrogens is 290 g/mol. The van der Waals surface area contributed by atoms with Crippen molar-refractivity contribution in [2.24, 2.45) is 5.73 Å². The van der Waals surface area contributed by atoms with Crippen LogP contribution in [-0.4, -0.2) is 15.9 Å². The fourth-order valence-electron chi connectivity index (χ4n) is 1.86. The average Bonchev–Trinajstić information content (AvgIpc) is 2.83. The standard InChI is InChI=1S/C14H15N3OS2/c1-9-11(20-8-17-9)7-16-14(18)12(13(15)19)10-5-3-2-4-6-10/h2-6,8,12H,7H2,1H3,(H2,15,19)(H,16,18). The first kappa shape index (κ1) is 14.6. The molecule has 4 nitrogen and oxygen atoms in total.